The van der Waals surface area contributed by atoms with Crippen molar-refractivity contribution < 1.29 is 20.1 Å². The van der Waals surface area contributed by atoms with Crippen LogP contribution in [0, 0.1) is 6.92 Å². The van der Waals surface area contributed by atoms with Crippen LogP contribution in [0.25, 0.3) is 10.8 Å². The van der Waals surface area contributed by atoms with Crippen molar-refractivity contribution in [3.8, 4) is 0 Å². The van der Waals surface area contributed by atoms with E-state index in [1.165, 1.54) is 4.57 Å². The first-order valence-electron chi connectivity index (χ1n) is 6.77. The van der Waals surface area contributed by atoms with E-state index in [4.69, 9.17) is 9.84 Å². The van der Waals surface area contributed by atoms with Gasteiger partial charge in [0, 0.05) is 11.6 Å². The lowest BCUT2D eigenvalue weighted by atomic mass is 10.1. The van der Waals surface area contributed by atoms with Crippen molar-refractivity contribution in [1.82, 2.24) is 4.57 Å². The normalized spacial score (nSPS) is 29.1. The fourth-order valence-corrected chi connectivity index (χ4v) is 2.79. The summed E-state index contributed by atoms with van der Waals surface area (Å²) in [6.07, 6.45) is -2.79. The Labute approximate surface area is 120 Å². The van der Waals surface area contributed by atoms with Crippen LogP contribution < -0.4 is 5.56 Å². The van der Waals surface area contributed by atoms with E-state index in [1.54, 1.807) is 18.3 Å². The van der Waals surface area contributed by atoms with Crippen molar-refractivity contribution >= 4 is 10.8 Å². The molecule has 0 amide bonds. The fourth-order valence-electron chi connectivity index (χ4n) is 2.79. The standard InChI is InChI=1S/C15H17NO5/c1-8-6-16(14(20)10-5-3-2-4-9(8)10)15-13(19)12(18)11(7-17)21-15/h2-6,11-13,15,17-19H,7H2,1H3/t11-,12-,13-,15-/m1/s1. The predicted molar refractivity (Wildman–Crippen MR) is 76.0 cm³/mol. The maximum absolute atomic E-state index is 12.5. The van der Waals surface area contributed by atoms with E-state index < -0.39 is 31.1 Å². The lowest BCUT2D eigenvalue weighted by Crippen LogP contribution is -2.35. The van der Waals surface area contributed by atoms with Gasteiger partial charge in [-0.15, -0.1) is 0 Å². The van der Waals surface area contributed by atoms with E-state index in [-0.39, 0.29) is 5.56 Å². The first kappa shape index (κ1) is 14.2. The molecule has 0 spiro atoms. The minimum atomic E-state index is -1.26. The number of aliphatic hydroxyl groups is 3. The number of rotatable bonds is 2. The molecule has 3 N–H and O–H groups in total. The Bertz CT molecular complexity index is 726. The summed E-state index contributed by atoms with van der Waals surface area (Å²) < 4.78 is 6.70. The molecule has 0 bridgehead atoms. The van der Waals surface area contributed by atoms with Gasteiger partial charge in [-0.05, 0) is 23.9 Å². The Morgan fingerprint density at radius 1 is 1.19 bits per heavy atom. The first-order valence-corrected chi connectivity index (χ1v) is 6.77. The molecule has 1 aromatic heterocycles. The topological polar surface area (TPSA) is 91.9 Å². The van der Waals surface area contributed by atoms with Crippen LogP contribution in [0.4, 0.5) is 0 Å². The Balaban J connectivity index is 2.14. The molecule has 6 heteroatoms. The van der Waals surface area contributed by atoms with E-state index in [0.717, 1.165) is 10.9 Å². The van der Waals surface area contributed by atoms with E-state index in [0.29, 0.717) is 5.39 Å². The van der Waals surface area contributed by atoms with Gasteiger partial charge in [-0.1, -0.05) is 18.2 Å². The van der Waals surface area contributed by atoms with Gasteiger partial charge in [0.1, 0.15) is 18.3 Å². The van der Waals surface area contributed by atoms with E-state index >= 15 is 0 Å². The second-order valence-electron chi connectivity index (χ2n) is 5.30. The third-order valence-electron chi connectivity index (χ3n) is 3.94. The molecule has 0 unspecified atom stereocenters. The zero-order valence-corrected chi connectivity index (χ0v) is 11.5. The summed E-state index contributed by atoms with van der Waals surface area (Å²) >= 11 is 0. The second kappa shape index (κ2) is 5.23. The third-order valence-corrected chi connectivity index (χ3v) is 3.94. The first-order chi connectivity index (χ1) is 10.0. The van der Waals surface area contributed by atoms with Crippen molar-refractivity contribution in [2.45, 2.75) is 31.5 Å². The highest BCUT2D eigenvalue weighted by Crippen LogP contribution is 2.29. The molecule has 0 radical (unpaired) electrons. The van der Waals surface area contributed by atoms with Gasteiger partial charge in [-0.25, -0.2) is 0 Å². The Morgan fingerprint density at radius 2 is 1.86 bits per heavy atom. The number of pyridine rings is 1. The Morgan fingerprint density at radius 3 is 2.48 bits per heavy atom. The van der Waals surface area contributed by atoms with Crippen molar-refractivity contribution in [3.05, 3.63) is 46.4 Å². The van der Waals surface area contributed by atoms with Crippen molar-refractivity contribution in [2.75, 3.05) is 6.61 Å². The highest BCUT2D eigenvalue weighted by Gasteiger charge is 2.43. The zero-order chi connectivity index (χ0) is 15.1. The molecule has 4 atom stereocenters. The lowest BCUT2D eigenvalue weighted by Gasteiger charge is -2.19. The summed E-state index contributed by atoms with van der Waals surface area (Å²) in [6.45, 7) is 1.44. The molecule has 0 aliphatic carbocycles. The van der Waals surface area contributed by atoms with Gasteiger partial charge in [0.15, 0.2) is 6.23 Å². The van der Waals surface area contributed by atoms with Gasteiger partial charge < -0.3 is 20.1 Å². The number of hydrogen-bond acceptors (Lipinski definition) is 5. The lowest BCUT2D eigenvalue weighted by molar-refractivity contribution is -0.0542. The zero-order valence-electron chi connectivity index (χ0n) is 11.5. The summed E-state index contributed by atoms with van der Waals surface area (Å²) in [7, 11) is 0. The van der Waals surface area contributed by atoms with Crippen LogP contribution in [0.3, 0.4) is 0 Å². The molecule has 1 aliphatic heterocycles. The van der Waals surface area contributed by atoms with Crippen LogP contribution in [0.1, 0.15) is 11.8 Å². The number of hydrogen-bond donors (Lipinski definition) is 3. The van der Waals surface area contributed by atoms with Gasteiger partial charge in [-0.2, -0.15) is 0 Å². The summed E-state index contributed by atoms with van der Waals surface area (Å²) in [4.78, 5) is 12.5. The number of nitrogens with zero attached hydrogens (tertiary/aromatic N) is 1. The maximum atomic E-state index is 12.5. The molecule has 21 heavy (non-hydrogen) atoms. The van der Waals surface area contributed by atoms with Crippen LogP contribution in [0.2, 0.25) is 0 Å². The van der Waals surface area contributed by atoms with Gasteiger partial charge in [0.05, 0.1) is 6.61 Å². The van der Waals surface area contributed by atoms with E-state index in [9.17, 15) is 15.0 Å². The summed E-state index contributed by atoms with van der Waals surface area (Å²) in [5, 5.41) is 30.4. The fraction of sp³-hybridized carbons (Fsp3) is 0.400. The summed E-state index contributed by atoms with van der Waals surface area (Å²) in [6, 6.07) is 7.19. The molecule has 1 saturated heterocycles. The third kappa shape index (κ3) is 2.16. The highest BCUT2D eigenvalue weighted by molar-refractivity contribution is 5.84. The Hall–Kier alpha value is -1.73. The van der Waals surface area contributed by atoms with Gasteiger partial charge in [0.25, 0.3) is 5.56 Å². The highest BCUT2D eigenvalue weighted by atomic mass is 16.6. The molecule has 1 aromatic carbocycles. The van der Waals surface area contributed by atoms with Gasteiger partial charge in [0.2, 0.25) is 0 Å². The maximum Gasteiger partial charge on any atom is 0.260 e. The second-order valence-corrected chi connectivity index (χ2v) is 5.30. The molecule has 1 fully saturated rings. The average Bonchev–Trinajstić information content (AvgIpc) is 2.79. The number of aliphatic hydroxyl groups excluding tert-OH is 3. The average molecular weight is 291 g/mol. The Kier molecular flexibility index (Phi) is 3.54. The quantitative estimate of drug-likeness (QED) is 0.720. The van der Waals surface area contributed by atoms with Crippen LogP contribution in [0.15, 0.2) is 35.3 Å². The van der Waals surface area contributed by atoms with E-state index in [1.807, 2.05) is 19.1 Å². The smallest absolute Gasteiger partial charge is 0.260 e. The molecule has 6 nitrogen and oxygen atoms in total. The summed E-state index contributed by atoms with van der Waals surface area (Å²) in [5.41, 5.74) is 0.564. The molecular weight excluding hydrogens is 274 g/mol. The van der Waals surface area contributed by atoms with Crippen LogP contribution in [-0.4, -0.2) is 44.8 Å². The number of aryl methyl sites for hydroxylation is 1. The molecule has 1 aliphatic rings. The molecule has 3 rings (SSSR count). The van der Waals surface area contributed by atoms with Gasteiger partial charge in [-0.3, -0.25) is 9.36 Å². The number of fused-ring (bicyclic) bond motifs is 1. The SMILES string of the molecule is Cc1cn([C@@H]2O[C@H](CO)[C@@H](O)[C@H]2O)c(=O)c2ccccc12. The molecule has 2 aromatic rings. The van der Waals surface area contributed by atoms with E-state index in [2.05, 4.69) is 0 Å². The molecule has 2 heterocycles. The van der Waals surface area contributed by atoms with Crippen molar-refractivity contribution in [3.63, 3.8) is 0 Å². The molecule has 112 valence electrons. The van der Waals surface area contributed by atoms with Gasteiger partial charge >= 0.3 is 0 Å². The number of aromatic nitrogens is 1. The predicted octanol–water partition coefficient (Wildman–Crippen LogP) is -0.0786. The molecular formula is C15H17NO5. The van der Waals surface area contributed by atoms with Crippen molar-refractivity contribution in [2.24, 2.45) is 0 Å². The number of ether oxygens (including phenoxy) is 1. The molecule has 0 saturated carbocycles. The monoisotopic (exact) mass is 291 g/mol. The minimum Gasteiger partial charge on any atom is -0.394 e. The van der Waals surface area contributed by atoms with Crippen LogP contribution in [-0.2, 0) is 4.74 Å². The van der Waals surface area contributed by atoms with Crippen molar-refractivity contribution in [1.29, 1.82) is 0 Å². The summed E-state index contributed by atoms with van der Waals surface area (Å²) in [5.74, 6) is 0. The largest absolute Gasteiger partial charge is 0.394 e. The number of benzene rings is 1. The van der Waals surface area contributed by atoms with Crippen LogP contribution >= 0.6 is 0 Å². The minimum absolute atomic E-state index is 0.300. The van der Waals surface area contributed by atoms with Crippen LogP contribution in [0.5, 0.6) is 0 Å².